The van der Waals surface area contributed by atoms with Gasteiger partial charge in [0.05, 0.1) is 0 Å². The summed E-state index contributed by atoms with van der Waals surface area (Å²) in [6.07, 6.45) is 5.75. The Labute approximate surface area is 88.5 Å². The van der Waals surface area contributed by atoms with Crippen LogP contribution >= 0.6 is 0 Å². The first-order valence-corrected chi connectivity index (χ1v) is 5.83. The highest BCUT2D eigenvalue weighted by Crippen LogP contribution is 2.19. The highest BCUT2D eigenvalue weighted by Gasteiger charge is 2.24. The van der Waals surface area contributed by atoms with Gasteiger partial charge in [0, 0.05) is 12.0 Å². The predicted octanol–water partition coefficient (Wildman–Crippen LogP) is 3.12. The average molecular weight is 199 g/mol. The summed E-state index contributed by atoms with van der Waals surface area (Å²) in [6, 6.07) is 0. The van der Waals surface area contributed by atoms with Crippen molar-refractivity contribution in [2.75, 3.05) is 6.54 Å². The molecule has 0 saturated heterocycles. The maximum Gasteiger partial charge on any atom is 0.225 e. The van der Waals surface area contributed by atoms with Crippen LogP contribution in [0.4, 0.5) is 0 Å². The molecule has 2 heteroatoms. The normalized spacial score (nSPS) is 11.4. The summed E-state index contributed by atoms with van der Waals surface area (Å²) in [5.74, 6) is 0.191. The summed E-state index contributed by atoms with van der Waals surface area (Å²) in [5.41, 5.74) is -0.204. The molecule has 0 spiro atoms. The number of carbonyl (C=O) groups excluding carboxylic acids is 1. The molecule has 14 heavy (non-hydrogen) atoms. The van der Waals surface area contributed by atoms with Crippen LogP contribution in [-0.2, 0) is 4.79 Å². The quantitative estimate of drug-likeness (QED) is 0.627. The van der Waals surface area contributed by atoms with Crippen LogP contribution in [0.25, 0.3) is 0 Å². The first-order chi connectivity index (χ1) is 6.54. The van der Waals surface area contributed by atoms with Gasteiger partial charge in [-0.2, -0.15) is 0 Å². The number of hydrogen-bond donors (Lipinski definition) is 1. The molecule has 0 aliphatic carbocycles. The second kappa shape index (κ2) is 6.86. The highest BCUT2D eigenvalue weighted by atomic mass is 16.2. The summed E-state index contributed by atoms with van der Waals surface area (Å²) in [7, 11) is 0. The molecule has 0 fully saturated rings. The number of unbranched alkanes of at least 4 members (excludes halogenated alkanes) is 3. The first kappa shape index (κ1) is 13.5. The van der Waals surface area contributed by atoms with E-state index in [0.717, 1.165) is 19.4 Å². The molecular weight excluding hydrogens is 174 g/mol. The summed E-state index contributed by atoms with van der Waals surface area (Å²) < 4.78 is 0. The lowest BCUT2D eigenvalue weighted by Crippen LogP contribution is -2.36. The second-order valence-corrected chi connectivity index (χ2v) is 4.55. The molecule has 0 saturated carbocycles. The van der Waals surface area contributed by atoms with Crippen LogP contribution in [0.5, 0.6) is 0 Å². The van der Waals surface area contributed by atoms with E-state index in [4.69, 9.17) is 0 Å². The zero-order valence-electron chi connectivity index (χ0n) is 10.2. The predicted molar refractivity (Wildman–Crippen MR) is 61.2 cm³/mol. The minimum atomic E-state index is -0.204. The Morgan fingerprint density at radius 2 is 1.79 bits per heavy atom. The maximum atomic E-state index is 11.6. The molecule has 84 valence electrons. The Balaban J connectivity index is 3.54. The number of hydrogen-bond acceptors (Lipinski definition) is 1. The first-order valence-electron chi connectivity index (χ1n) is 5.83. The lowest BCUT2D eigenvalue weighted by molar-refractivity contribution is -0.129. The van der Waals surface area contributed by atoms with Crippen LogP contribution in [0, 0.1) is 5.41 Å². The van der Waals surface area contributed by atoms with Gasteiger partial charge in [-0.05, 0) is 12.8 Å². The van der Waals surface area contributed by atoms with E-state index in [1.165, 1.54) is 19.3 Å². The van der Waals surface area contributed by atoms with E-state index in [0.29, 0.717) is 0 Å². The topological polar surface area (TPSA) is 29.1 Å². The smallest absolute Gasteiger partial charge is 0.225 e. The zero-order chi connectivity index (χ0) is 11.0. The molecule has 0 aliphatic heterocycles. The van der Waals surface area contributed by atoms with Gasteiger partial charge in [-0.15, -0.1) is 0 Å². The van der Waals surface area contributed by atoms with Crippen LogP contribution in [0.15, 0.2) is 0 Å². The average Bonchev–Trinajstić information content (AvgIpc) is 2.17. The van der Waals surface area contributed by atoms with Gasteiger partial charge in [-0.3, -0.25) is 4.79 Å². The standard InChI is InChI=1S/C12H25NO/c1-5-7-8-9-10-13-11(14)12(3,4)6-2/h5-10H2,1-4H3,(H,13,14). The number of nitrogens with one attached hydrogen (secondary N) is 1. The fraction of sp³-hybridized carbons (Fsp3) is 0.917. The minimum absolute atomic E-state index is 0.191. The van der Waals surface area contributed by atoms with Crippen LogP contribution in [0.2, 0.25) is 0 Å². The van der Waals surface area contributed by atoms with Crippen molar-refractivity contribution in [1.82, 2.24) is 5.32 Å². The van der Waals surface area contributed by atoms with Gasteiger partial charge in [0.25, 0.3) is 0 Å². The molecular formula is C12H25NO. The third kappa shape index (κ3) is 5.25. The van der Waals surface area contributed by atoms with Gasteiger partial charge < -0.3 is 5.32 Å². The summed E-state index contributed by atoms with van der Waals surface area (Å²) in [6.45, 7) is 9.07. The van der Waals surface area contributed by atoms with E-state index < -0.39 is 0 Å². The molecule has 0 radical (unpaired) electrons. The molecule has 0 atom stereocenters. The number of carbonyl (C=O) groups is 1. The third-order valence-corrected chi connectivity index (χ3v) is 2.81. The molecule has 2 nitrogen and oxygen atoms in total. The van der Waals surface area contributed by atoms with Gasteiger partial charge in [0.1, 0.15) is 0 Å². The molecule has 0 heterocycles. The minimum Gasteiger partial charge on any atom is -0.356 e. The van der Waals surface area contributed by atoms with Crippen molar-refractivity contribution in [1.29, 1.82) is 0 Å². The fourth-order valence-corrected chi connectivity index (χ4v) is 1.15. The molecule has 0 rings (SSSR count). The molecule has 0 aromatic heterocycles. The fourth-order valence-electron chi connectivity index (χ4n) is 1.15. The van der Waals surface area contributed by atoms with Crippen molar-refractivity contribution in [3.05, 3.63) is 0 Å². The van der Waals surface area contributed by atoms with E-state index in [2.05, 4.69) is 19.2 Å². The molecule has 0 aromatic rings. The summed E-state index contributed by atoms with van der Waals surface area (Å²) in [4.78, 5) is 11.6. The van der Waals surface area contributed by atoms with Crippen molar-refractivity contribution < 1.29 is 4.79 Å². The Morgan fingerprint density at radius 3 is 2.29 bits per heavy atom. The van der Waals surface area contributed by atoms with Crippen LogP contribution in [-0.4, -0.2) is 12.5 Å². The molecule has 0 aliphatic rings. The monoisotopic (exact) mass is 199 g/mol. The van der Waals surface area contributed by atoms with Gasteiger partial charge in [0.2, 0.25) is 5.91 Å². The van der Waals surface area contributed by atoms with Crippen molar-refractivity contribution >= 4 is 5.91 Å². The van der Waals surface area contributed by atoms with Gasteiger partial charge >= 0.3 is 0 Å². The van der Waals surface area contributed by atoms with Crippen molar-refractivity contribution in [2.45, 2.75) is 59.8 Å². The number of rotatable bonds is 7. The van der Waals surface area contributed by atoms with E-state index in [-0.39, 0.29) is 11.3 Å². The maximum absolute atomic E-state index is 11.6. The third-order valence-electron chi connectivity index (χ3n) is 2.81. The lowest BCUT2D eigenvalue weighted by Gasteiger charge is -2.21. The molecule has 1 N–H and O–H groups in total. The SMILES string of the molecule is CCCCCCNC(=O)C(C)(C)CC. The molecule has 0 unspecified atom stereocenters. The van der Waals surface area contributed by atoms with Crippen molar-refractivity contribution in [3.63, 3.8) is 0 Å². The van der Waals surface area contributed by atoms with E-state index >= 15 is 0 Å². The van der Waals surface area contributed by atoms with E-state index in [1.807, 2.05) is 13.8 Å². The highest BCUT2D eigenvalue weighted by molar-refractivity contribution is 5.81. The lowest BCUT2D eigenvalue weighted by atomic mass is 9.89. The Bertz CT molecular complexity index is 164. The molecule has 0 aromatic carbocycles. The summed E-state index contributed by atoms with van der Waals surface area (Å²) in [5, 5.41) is 2.99. The molecule has 0 bridgehead atoms. The van der Waals surface area contributed by atoms with E-state index in [9.17, 15) is 4.79 Å². The Morgan fingerprint density at radius 1 is 1.14 bits per heavy atom. The number of amides is 1. The Kier molecular flexibility index (Phi) is 6.60. The van der Waals surface area contributed by atoms with Gasteiger partial charge in [-0.1, -0.05) is 47.0 Å². The Hall–Kier alpha value is -0.530. The van der Waals surface area contributed by atoms with Crippen molar-refractivity contribution in [2.24, 2.45) is 5.41 Å². The van der Waals surface area contributed by atoms with Crippen molar-refractivity contribution in [3.8, 4) is 0 Å². The second-order valence-electron chi connectivity index (χ2n) is 4.55. The van der Waals surface area contributed by atoms with Gasteiger partial charge in [0.15, 0.2) is 0 Å². The van der Waals surface area contributed by atoms with Crippen LogP contribution < -0.4 is 5.32 Å². The zero-order valence-corrected chi connectivity index (χ0v) is 10.2. The summed E-state index contributed by atoms with van der Waals surface area (Å²) >= 11 is 0. The van der Waals surface area contributed by atoms with Crippen LogP contribution in [0.1, 0.15) is 59.8 Å². The van der Waals surface area contributed by atoms with Gasteiger partial charge in [-0.25, -0.2) is 0 Å². The van der Waals surface area contributed by atoms with Crippen LogP contribution in [0.3, 0.4) is 0 Å². The largest absolute Gasteiger partial charge is 0.356 e. The molecule has 1 amide bonds. The van der Waals surface area contributed by atoms with E-state index in [1.54, 1.807) is 0 Å².